The van der Waals surface area contributed by atoms with Crippen LogP contribution in [0.5, 0.6) is 0 Å². The molecule has 1 amide bonds. The SMILES string of the molecule is CCN1CC2(C1)CN(c1ccc(Nc3ncc(F)c(-c4cc5c(s4)C4(CCCCC4)CN(C)C5=O)n3)nc1)C2. The van der Waals surface area contributed by atoms with Crippen molar-refractivity contribution in [2.45, 2.75) is 44.4 Å². The van der Waals surface area contributed by atoms with Crippen molar-refractivity contribution in [3.8, 4) is 10.6 Å². The van der Waals surface area contributed by atoms with Gasteiger partial charge in [0.1, 0.15) is 11.5 Å². The van der Waals surface area contributed by atoms with Gasteiger partial charge in [-0.15, -0.1) is 11.3 Å². The van der Waals surface area contributed by atoms with E-state index in [1.807, 2.05) is 30.3 Å². The number of aromatic nitrogens is 3. The van der Waals surface area contributed by atoms with Gasteiger partial charge in [0, 0.05) is 55.5 Å². The number of anilines is 3. The molecule has 4 aliphatic rings. The van der Waals surface area contributed by atoms with Crippen LogP contribution in [0.4, 0.5) is 21.8 Å². The van der Waals surface area contributed by atoms with Crippen molar-refractivity contribution in [1.29, 1.82) is 0 Å². The number of hydrogen-bond acceptors (Lipinski definition) is 8. The summed E-state index contributed by atoms with van der Waals surface area (Å²) in [5.74, 6) is 0.404. The second-order valence-corrected chi connectivity index (χ2v) is 13.0. The second kappa shape index (κ2) is 9.23. The summed E-state index contributed by atoms with van der Waals surface area (Å²) in [4.78, 5) is 34.8. The van der Waals surface area contributed by atoms with Gasteiger partial charge in [-0.1, -0.05) is 26.2 Å². The Labute approximate surface area is 232 Å². The quantitative estimate of drug-likeness (QED) is 0.486. The zero-order valence-electron chi connectivity index (χ0n) is 22.5. The van der Waals surface area contributed by atoms with Crippen LogP contribution in [0.2, 0.25) is 0 Å². The molecular weight excluding hydrogens is 513 g/mol. The Bertz CT molecular complexity index is 1400. The van der Waals surface area contributed by atoms with Crippen LogP contribution in [0.15, 0.2) is 30.6 Å². The molecule has 10 heteroatoms. The highest BCUT2D eigenvalue weighted by Crippen LogP contribution is 2.49. The van der Waals surface area contributed by atoms with Crippen LogP contribution in [0, 0.1) is 11.2 Å². The number of nitrogens with one attached hydrogen (secondary N) is 1. The van der Waals surface area contributed by atoms with Gasteiger partial charge in [0.2, 0.25) is 5.95 Å². The van der Waals surface area contributed by atoms with Crippen LogP contribution in [-0.2, 0) is 5.41 Å². The van der Waals surface area contributed by atoms with Gasteiger partial charge in [-0.05, 0) is 37.6 Å². The van der Waals surface area contributed by atoms with E-state index in [1.165, 1.54) is 37.0 Å². The predicted octanol–water partition coefficient (Wildman–Crippen LogP) is 4.91. The standard InChI is InChI=1S/C29H34FN7OS/c1-3-36-14-28(15-36)16-37(17-28)19-7-8-23(31-12-19)33-27-32-13-21(30)24(34-27)22-11-20-25(39-22)29(9-5-4-6-10-29)18-35(2)26(20)38/h7-8,11-13H,3-6,9-10,14-18H2,1-2H3,(H,31,32,33,34). The molecule has 3 aromatic heterocycles. The van der Waals surface area contributed by atoms with Crippen LogP contribution in [0.1, 0.15) is 54.3 Å². The minimum atomic E-state index is -0.495. The molecule has 0 bridgehead atoms. The third-order valence-electron chi connectivity index (χ3n) is 9.09. The fourth-order valence-electron chi connectivity index (χ4n) is 7.11. The lowest BCUT2D eigenvalue weighted by Gasteiger charge is -2.61. The van der Waals surface area contributed by atoms with E-state index in [-0.39, 0.29) is 23.0 Å². The van der Waals surface area contributed by atoms with E-state index in [0.29, 0.717) is 21.7 Å². The van der Waals surface area contributed by atoms with Crippen molar-refractivity contribution in [1.82, 2.24) is 24.8 Å². The van der Waals surface area contributed by atoms with E-state index in [0.717, 1.165) is 62.4 Å². The summed E-state index contributed by atoms with van der Waals surface area (Å²) in [7, 11) is 1.87. The summed E-state index contributed by atoms with van der Waals surface area (Å²) in [6, 6.07) is 5.80. The summed E-state index contributed by atoms with van der Waals surface area (Å²) < 4.78 is 15.0. The van der Waals surface area contributed by atoms with Crippen molar-refractivity contribution >= 4 is 34.7 Å². The maximum Gasteiger partial charge on any atom is 0.254 e. The fraction of sp³-hybridized carbons (Fsp3) is 0.517. The number of thiophene rings is 1. The van der Waals surface area contributed by atoms with Gasteiger partial charge in [0.05, 0.1) is 28.5 Å². The lowest BCUT2D eigenvalue weighted by Crippen LogP contribution is -2.72. The minimum Gasteiger partial charge on any atom is -0.369 e. The van der Waals surface area contributed by atoms with E-state index in [1.54, 1.807) is 0 Å². The number of nitrogens with zero attached hydrogens (tertiary/aromatic N) is 6. The molecule has 0 unspecified atom stereocenters. The molecule has 8 nitrogen and oxygen atoms in total. The second-order valence-electron chi connectivity index (χ2n) is 11.9. The molecule has 1 saturated carbocycles. The number of likely N-dealkylation sites (tertiary alicyclic amines) is 1. The third-order valence-corrected chi connectivity index (χ3v) is 10.5. The summed E-state index contributed by atoms with van der Waals surface area (Å²) in [5.41, 5.74) is 2.46. The summed E-state index contributed by atoms with van der Waals surface area (Å²) in [6.45, 7) is 8.61. The summed E-state index contributed by atoms with van der Waals surface area (Å²) in [6.07, 6.45) is 8.74. The molecule has 1 N–H and O–H groups in total. The first-order valence-electron chi connectivity index (χ1n) is 14.0. The summed E-state index contributed by atoms with van der Waals surface area (Å²) >= 11 is 1.52. The lowest BCUT2D eigenvalue weighted by atomic mass is 9.70. The molecule has 39 heavy (non-hydrogen) atoms. The maximum atomic E-state index is 15.0. The van der Waals surface area contributed by atoms with Gasteiger partial charge < -0.3 is 20.0 Å². The zero-order valence-corrected chi connectivity index (χ0v) is 23.4. The Morgan fingerprint density at radius 2 is 1.85 bits per heavy atom. The number of amides is 1. The van der Waals surface area contributed by atoms with Gasteiger partial charge in [-0.2, -0.15) is 0 Å². The van der Waals surface area contributed by atoms with Crippen LogP contribution in [0.3, 0.4) is 0 Å². The van der Waals surface area contributed by atoms with Gasteiger partial charge in [-0.25, -0.2) is 19.3 Å². The number of pyridine rings is 1. The molecule has 7 rings (SSSR count). The Morgan fingerprint density at radius 3 is 2.56 bits per heavy atom. The van der Waals surface area contributed by atoms with Crippen molar-refractivity contribution in [3.63, 3.8) is 0 Å². The Balaban J connectivity index is 1.10. The number of carbonyl (C=O) groups excluding carboxylic acids is 1. The van der Waals surface area contributed by atoms with Crippen molar-refractivity contribution in [3.05, 3.63) is 46.9 Å². The summed E-state index contributed by atoms with van der Waals surface area (Å²) in [5, 5.41) is 3.13. The number of carbonyl (C=O) groups is 1. The molecule has 2 spiro atoms. The van der Waals surface area contributed by atoms with Crippen LogP contribution >= 0.6 is 11.3 Å². The first-order valence-corrected chi connectivity index (χ1v) is 14.8. The van der Waals surface area contributed by atoms with E-state index in [4.69, 9.17) is 0 Å². The normalized spacial score (nSPS) is 21.6. The number of likely N-dealkylation sites (N-methyl/N-ethyl adjacent to an activating group) is 1. The molecule has 2 saturated heterocycles. The van der Waals surface area contributed by atoms with E-state index < -0.39 is 5.82 Å². The smallest absolute Gasteiger partial charge is 0.254 e. The van der Waals surface area contributed by atoms with Crippen LogP contribution in [-0.4, -0.2) is 77.0 Å². The molecule has 3 aliphatic heterocycles. The molecule has 3 fully saturated rings. The average Bonchev–Trinajstić information content (AvgIpc) is 3.35. The predicted molar refractivity (Wildman–Crippen MR) is 151 cm³/mol. The van der Waals surface area contributed by atoms with Gasteiger partial charge in [0.25, 0.3) is 5.91 Å². The molecular formula is C29H34FN7OS. The molecule has 204 valence electrons. The molecule has 0 aromatic carbocycles. The monoisotopic (exact) mass is 547 g/mol. The molecule has 3 aromatic rings. The lowest BCUT2D eigenvalue weighted by molar-refractivity contribution is -0.0178. The number of hydrogen-bond donors (Lipinski definition) is 1. The van der Waals surface area contributed by atoms with Crippen molar-refractivity contribution in [2.24, 2.45) is 5.41 Å². The first kappa shape index (κ1) is 24.9. The number of rotatable bonds is 5. The maximum absolute atomic E-state index is 15.0. The molecule has 0 atom stereocenters. The highest BCUT2D eigenvalue weighted by atomic mass is 32.1. The van der Waals surface area contributed by atoms with E-state index in [9.17, 15) is 4.79 Å². The highest BCUT2D eigenvalue weighted by molar-refractivity contribution is 7.16. The number of halogens is 1. The Kier molecular flexibility index (Phi) is 5.89. The Hall–Kier alpha value is -3.11. The third kappa shape index (κ3) is 4.19. The molecule has 0 radical (unpaired) electrons. The minimum absolute atomic E-state index is 0.00826. The van der Waals surface area contributed by atoms with Gasteiger partial charge in [-0.3, -0.25) is 4.79 Å². The first-order chi connectivity index (χ1) is 18.9. The van der Waals surface area contributed by atoms with E-state index >= 15 is 4.39 Å². The highest BCUT2D eigenvalue weighted by Gasteiger charge is 2.51. The topological polar surface area (TPSA) is 77.5 Å². The fourth-order valence-corrected chi connectivity index (χ4v) is 8.49. The number of fused-ring (bicyclic) bond motifs is 2. The molecule has 1 aliphatic carbocycles. The Morgan fingerprint density at radius 1 is 1.05 bits per heavy atom. The van der Waals surface area contributed by atoms with Crippen LogP contribution in [0.25, 0.3) is 10.6 Å². The largest absolute Gasteiger partial charge is 0.369 e. The zero-order chi connectivity index (χ0) is 26.8. The average molecular weight is 548 g/mol. The van der Waals surface area contributed by atoms with Gasteiger partial charge in [0.15, 0.2) is 5.82 Å². The van der Waals surface area contributed by atoms with E-state index in [2.05, 4.69) is 43.1 Å². The molecule has 6 heterocycles. The van der Waals surface area contributed by atoms with Crippen LogP contribution < -0.4 is 10.2 Å². The van der Waals surface area contributed by atoms with Crippen molar-refractivity contribution < 1.29 is 9.18 Å². The van der Waals surface area contributed by atoms with Gasteiger partial charge >= 0.3 is 0 Å². The van der Waals surface area contributed by atoms with Crippen molar-refractivity contribution in [2.75, 3.05) is 56.5 Å².